The van der Waals surface area contributed by atoms with Crippen LogP contribution in [0.25, 0.3) is 0 Å². The second-order valence-corrected chi connectivity index (χ2v) is 7.79. The third kappa shape index (κ3) is 6.42. The summed E-state index contributed by atoms with van der Waals surface area (Å²) in [6.07, 6.45) is -2.52. The van der Waals surface area contributed by atoms with Gasteiger partial charge in [-0.3, -0.25) is 9.69 Å². The molecule has 29 heavy (non-hydrogen) atoms. The van der Waals surface area contributed by atoms with Crippen molar-refractivity contribution in [1.29, 1.82) is 0 Å². The van der Waals surface area contributed by atoms with Crippen LogP contribution >= 0.6 is 0 Å². The van der Waals surface area contributed by atoms with Crippen molar-refractivity contribution in [2.75, 3.05) is 19.6 Å². The van der Waals surface area contributed by atoms with Gasteiger partial charge in [-0.15, -0.1) is 0 Å². The zero-order valence-electron chi connectivity index (χ0n) is 16.5. The normalized spacial score (nSPS) is 21.7. The second kappa shape index (κ2) is 9.56. The number of rotatable bonds is 4. The lowest BCUT2D eigenvalue weighted by Gasteiger charge is -2.26. The maximum atomic E-state index is 12.9. The average Bonchev–Trinajstić information content (AvgIpc) is 3.19. The number of hydrogen-bond donors (Lipinski definition) is 1. The molecule has 2 heterocycles. The summed E-state index contributed by atoms with van der Waals surface area (Å²) in [4.78, 5) is 26.1. The first-order valence-corrected chi connectivity index (χ1v) is 9.57. The predicted molar refractivity (Wildman–Crippen MR) is 98.7 cm³/mol. The number of carbonyl (C=O) groups excluding carboxylic acids is 1. The molecule has 1 amide bonds. The van der Waals surface area contributed by atoms with Crippen LogP contribution in [0, 0.1) is 11.7 Å². The number of fused-ring (bicyclic) bond motifs is 1. The second-order valence-electron chi connectivity index (χ2n) is 7.79. The monoisotopic (exact) mass is 418 g/mol. The number of carboxylic acids is 1. The quantitative estimate of drug-likeness (QED) is 0.762. The summed E-state index contributed by atoms with van der Waals surface area (Å²) in [6, 6.07) is 7.19. The standard InChI is InChI=1S/C18H25FN2O.C2HF3O2/c1-13(2)12-20-9-7-17-16(20)8-10-21(17)18(22)11-14-3-5-15(19)6-4-14;3-2(4,5)1(6)7/h3-6,13,16-17H,7-12H2,1-2H3;(H,6,7)/t16-,17+;/m0./s1. The van der Waals surface area contributed by atoms with Crippen molar-refractivity contribution in [1.82, 2.24) is 9.80 Å². The van der Waals surface area contributed by atoms with Crippen molar-refractivity contribution in [3.63, 3.8) is 0 Å². The molecule has 2 aliphatic rings. The fraction of sp³-hybridized carbons (Fsp3) is 0.600. The van der Waals surface area contributed by atoms with Gasteiger partial charge in [-0.25, -0.2) is 9.18 Å². The maximum absolute atomic E-state index is 12.9. The molecule has 0 saturated carbocycles. The highest BCUT2D eigenvalue weighted by atomic mass is 19.4. The van der Waals surface area contributed by atoms with E-state index >= 15 is 0 Å². The average molecular weight is 418 g/mol. The first-order valence-electron chi connectivity index (χ1n) is 9.57. The fourth-order valence-electron chi connectivity index (χ4n) is 3.96. The Balaban J connectivity index is 0.000000370. The van der Waals surface area contributed by atoms with E-state index in [1.165, 1.54) is 12.1 Å². The van der Waals surface area contributed by atoms with Crippen molar-refractivity contribution in [2.45, 2.75) is 51.4 Å². The molecular weight excluding hydrogens is 392 g/mol. The third-order valence-corrected chi connectivity index (χ3v) is 5.12. The van der Waals surface area contributed by atoms with Crippen LogP contribution in [0.3, 0.4) is 0 Å². The summed E-state index contributed by atoms with van der Waals surface area (Å²) in [5.41, 5.74) is 0.895. The smallest absolute Gasteiger partial charge is 0.475 e. The summed E-state index contributed by atoms with van der Waals surface area (Å²) in [7, 11) is 0. The number of carbonyl (C=O) groups is 2. The van der Waals surface area contributed by atoms with E-state index in [4.69, 9.17) is 9.90 Å². The number of alkyl halides is 3. The predicted octanol–water partition coefficient (Wildman–Crippen LogP) is 3.33. The zero-order valence-corrected chi connectivity index (χ0v) is 16.5. The Labute approximate surface area is 167 Å². The van der Waals surface area contributed by atoms with Gasteiger partial charge in [-0.1, -0.05) is 26.0 Å². The summed E-state index contributed by atoms with van der Waals surface area (Å²) in [5.74, 6) is -2.15. The Morgan fingerprint density at radius 3 is 2.17 bits per heavy atom. The summed E-state index contributed by atoms with van der Waals surface area (Å²) in [6.45, 7) is 7.60. The van der Waals surface area contributed by atoms with Gasteiger partial charge in [-0.2, -0.15) is 13.2 Å². The Bertz CT molecular complexity index is 707. The molecule has 0 aromatic heterocycles. The molecule has 1 aromatic rings. The van der Waals surface area contributed by atoms with Crippen LogP contribution in [0.4, 0.5) is 17.6 Å². The molecule has 5 nitrogen and oxygen atoms in total. The van der Waals surface area contributed by atoms with E-state index in [0.29, 0.717) is 24.4 Å². The van der Waals surface area contributed by atoms with Crippen LogP contribution in [0.2, 0.25) is 0 Å². The number of hydrogen-bond acceptors (Lipinski definition) is 3. The maximum Gasteiger partial charge on any atom is 0.490 e. The number of nitrogens with zero attached hydrogens (tertiary/aromatic N) is 2. The molecule has 1 aromatic carbocycles. The van der Waals surface area contributed by atoms with Gasteiger partial charge in [-0.05, 0) is 36.5 Å². The molecule has 0 aliphatic carbocycles. The molecule has 2 aliphatic heterocycles. The topological polar surface area (TPSA) is 60.9 Å². The van der Waals surface area contributed by atoms with Crippen molar-refractivity contribution < 1.29 is 32.3 Å². The molecular formula is C20H26F4N2O3. The molecule has 0 unspecified atom stereocenters. The third-order valence-electron chi connectivity index (χ3n) is 5.12. The lowest BCUT2D eigenvalue weighted by atomic mass is 10.1. The van der Waals surface area contributed by atoms with Gasteiger partial charge in [0.2, 0.25) is 5.91 Å². The molecule has 0 spiro atoms. The minimum absolute atomic E-state index is 0.186. The molecule has 0 radical (unpaired) electrons. The SMILES string of the molecule is CC(C)CN1CC[C@@H]2[C@@H]1CCN2C(=O)Cc1ccc(F)cc1.O=C(O)C(F)(F)F. The van der Waals surface area contributed by atoms with Crippen LogP contribution in [0.15, 0.2) is 24.3 Å². The van der Waals surface area contributed by atoms with Crippen molar-refractivity contribution >= 4 is 11.9 Å². The minimum Gasteiger partial charge on any atom is -0.475 e. The van der Waals surface area contributed by atoms with Crippen LogP contribution < -0.4 is 0 Å². The van der Waals surface area contributed by atoms with Gasteiger partial charge in [0.1, 0.15) is 5.82 Å². The van der Waals surface area contributed by atoms with Gasteiger partial charge < -0.3 is 10.0 Å². The highest BCUT2D eigenvalue weighted by Crippen LogP contribution is 2.32. The lowest BCUT2D eigenvalue weighted by Crippen LogP contribution is -2.41. The summed E-state index contributed by atoms with van der Waals surface area (Å²) < 4.78 is 44.7. The first-order chi connectivity index (χ1) is 13.5. The highest BCUT2D eigenvalue weighted by Gasteiger charge is 2.44. The van der Waals surface area contributed by atoms with Crippen molar-refractivity contribution in [3.8, 4) is 0 Å². The number of benzene rings is 1. The van der Waals surface area contributed by atoms with Crippen LogP contribution in [0.1, 0.15) is 32.3 Å². The Kier molecular flexibility index (Phi) is 7.62. The molecule has 1 N–H and O–H groups in total. The van der Waals surface area contributed by atoms with E-state index in [-0.39, 0.29) is 11.7 Å². The van der Waals surface area contributed by atoms with E-state index in [0.717, 1.165) is 38.0 Å². The molecule has 162 valence electrons. The molecule has 2 saturated heterocycles. The molecule has 2 fully saturated rings. The van der Waals surface area contributed by atoms with Gasteiger partial charge in [0.05, 0.1) is 6.42 Å². The Morgan fingerprint density at radius 2 is 1.66 bits per heavy atom. The number of aliphatic carboxylic acids is 1. The largest absolute Gasteiger partial charge is 0.490 e. The molecule has 0 bridgehead atoms. The van der Waals surface area contributed by atoms with E-state index in [2.05, 4.69) is 23.6 Å². The van der Waals surface area contributed by atoms with Crippen molar-refractivity contribution in [2.24, 2.45) is 5.92 Å². The van der Waals surface area contributed by atoms with Gasteiger partial charge >= 0.3 is 12.1 Å². The van der Waals surface area contributed by atoms with E-state index in [9.17, 15) is 22.4 Å². The van der Waals surface area contributed by atoms with Crippen LogP contribution in [-0.2, 0) is 16.0 Å². The van der Waals surface area contributed by atoms with Crippen molar-refractivity contribution in [3.05, 3.63) is 35.6 Å². The van der Waals surface area contributed by atoms with Crippen LogP contribution in [0.5, 0.6) is 0 Å². The zero-order chi connectivity index (χ0) is 21.8. The van der Waals surface area contributed by atoms with Crippen LogP contribution in [-0.4, -0.2) is 64.7 Å². The molecule has 9 heteroatoms. The molecule has 3 rings (SSSR count). The molecule has 2 atom stereocenters. The fourth-order valence-corrected chi connectivity index (χ4v) is 3.96. The highest BCUT2D eigenvalue weighted by molar-refractivity contribution is 5.79. The number of carboxylic acid groups (broad SMARTS) is 1. The number of likely N-dealkylation sites (tertiary alicyclic amines) is 2. The number of halogens is 4. The van der Waals surface area contributed by atoms with Gasteiger partial charge in [0.25, 0.3) is 0 Å². The van der Waals surface area contributed by atoms with E-state index < -0.39 is 12.1 Å². The minimum atomic E-state index is -5.08. The Morgan fingerprint density at radius 1 is 1.10 bits per heavy atom. The number of amides is 1. The first kappa shape index (κ1) is 23.1. The van der Waals surface area contributed by atoms with E-state index in [1.807, 2.05) is 0 Å². The summed E-state index contributed by atoms with van der Waals surface area (Å²) in [5, 5.41) is 7.12. The van der Waals surface area contributed by atoms with Gasteiger partial charge in [0.15, 0.2) is 0 Å². The Hall–Kier alpha value is -2.16. The summed E-state index contributed by atoms with van der Waals surface area (Å²) >= 11 is 0. The van der Waals surface area contributed by atoms with E-state index in [1.54, 1.807) is 12.1 Å². The van der Waals surface area contributed by atoms with Gasteiger partial charge in [0, 0.05) is 31.7 Å². The lowest BCUT2D eigenvalue weighted by molar-refractivity contribution is -0.192.